The molecule has 0 heterocycles. The average Bonchev–Trinajstić information content (AvgIpc) is 0.874. The Labute approximate surface area is 607 Å². The Bertz CT molecular complexity index is 2880. The number of rotatable bonds is 62. The van der Waals surface area contributed by atoms with E-state index < -0.39 is 182 Å². The first kappa shape index (κ1) is 92.6. The number of aliphatic carboxylic acids is 1. The van der Waals surface area contributed by atoms with E-state index in [1.54, 1.807) is 6.92 Å². The summed E-state index contributed by atoms with van der Waals surface area (Å²) in [6.07, 6.45) is 8.58. The van der Waals surface area contributed by atoms with Crippen molar-refractivity contribution in [2.45, 2.75) is 283 Å². The Morgan fingerprint density at radius 1 is 0.437 bits per heavy atom. The molecule has 0 aliphatic heterocycles. The number of nitrogens with two attached hydrogens (primary N) is 7. The summed E-state index contributed by atoms with van der Waals surface area (Å²) >= 11 is 0. The van der Waals surface area contributed by atoms with E-state index in [9.17, 15) is 77.6 Å². The lowest BCUT2D eigenvalue weighted by Gasteiger charge is -2.27. The first-order valence-corrected chi connectivity index (χ1v) is 37.0. The number of phenolic OH excluding ortho intramolecular Hbond substituents is 1. The van der Waals surface area contributed by atoms with Crippen molar-refractivity contribution in [3.8, 4) is 5.75 Å². The molecule has 0 bridgehead atoms. The number of phenols is 1. The van der Waals surface area contributed by atoms with Gasteiger partial charge >= 0.3 is 5.97 Å². The number of carbonyl (C=O) groups is 13. The molecule has 1 rings (SSSR count). The van der Waals surface area contributed by atoms with Crippen LogP contribution in [0.4, 0.5) is 0 Å². The molecule has 0 aliphatic carbocycles. The van der Waals surface area contributed by atoms with Crippen molar-refractivity contribution < 1.29 is 77.6 Å². The minimum atomic E-state index is -1.61. The number of hydrogen-bond acceptors (Lipinski definition) is 18. The SMILES string of the molecule is CCCCCCCCCCCCCCCC(=O)N[C@@H](CC(=O)O)C(=O)C[C@H](C(=O)N[C@@H](CCCN=C(N)N)C(=O)C[C@@H](CCC(N)=O)C(=O)N[C@@H](CCC(N)=O)C(=O)C[C@@H](Cc1ccc(O)cc1)C(=O)N[C@@H](CCCN=C(N)N)C(=O)C[C@@H](CCCCN)C(=O)N[C@@H](CC(C)C)C(=O)CC)[C@@H](C)O. The maximum Gasteiger partial charge on any atom is 0.305 e. The molecule has 10 atom stereocenters. The van der Waals surface area contributed by atoms with E-state index in [4.69, 9.17) is 40.1 Å². The lowest BCUT2D eigenvalue weighted by Crippen LogP contribution is -2.50. The van der Waals surface area contributed by atoms with Crippen molar-refractivity contribution in [3.63, 3.8) is 0 Å². The molecule has 22 N–H and O–H groups in total. The van der Waals surface area contributed by atoms with E-state index >= 15 is 0 Å². The van der Waals surface area contributed by atoms with Gasteiger partial charge in [0.25, 0.3) is 0 Å². The number of aliphatic hydroxyl groups excluding tert-OH is 1. The number of guanidine groups is 2. The molecule has 0 aromatic heterocycles. The zero-order chi connectivity index (χ0) is 77.4. The molecule has 0 aliphatic rings. The fourth-order valence-corrected chi connectivity index (χ4v) is 12.0. The molecule has 30 nitrogen and oxygen atoms in total. The van der Waals surface area contributed by atoms with Crippen molar-refractivity contribution >= 4 is 88.2 Å². The van der Waals surface area contributed by atoms with Gasteiger partial charge in [-0.1, -0.05) is 123 Å². The highest BCUT2D eigenvalue weighted by Gasteiger charge is 2.38. The molecule has 7 amide bonds. The number of ketones is 5. The number of benzene rings is 1. The highest BCUT2D eigenvalue weighted by molar-refractivity contribution is 5.99. The molecule has 0 saturated carbocycles. The molecular weight excluding hydrogens is 1330 g/mol. The fourth-order valence-electron chi connectivity index (χ4n) is 12.0. The number of Topliss-reactive ketones (excluding diaryl/α,β-unsaturated/α-hetero) is 5. The van der Waals surface area contributed by atoms with Gasteiger partial charge in [0.1, 0.15) is 5.75 Å². The Morgan fingerprint density at radius 2 is 0.864 bits per heavy atom. The molecular formula is C73H124N14O16. The Hall–Kier alpha value is -8.41. The van der Waals surface area contributed by atoms with Gasteiger partial charge in [-0.3, -0.25) is 72.3 Å². The van der Waals surface area contributed by atoms with Gasteiger partial charge in [0.2, 0.25) is 41.4 Å². The fraction of sp³-hybridized carbons (Fsp3) is 0.712. The lowest BCUT2D eigenvalue weighted by molar-refractivity contribution is -0.141. The van der Waals surface area contributed by atoms with Gasteiger partial charge in [-0.2, -0.15) is 0 Å². The number of nitrogens with one attached hydrogen (secondary N) is 5. The number of carboxylic acid groups (broad SMARTS) is 1. The summed E-state index contributed by atoms with van der Waals surface area (Å²) in [5, 5.41) is 44.2. The molecule has 582 valence electrons. The number of unbranched alkanes of at least 4 members (excludes halogenated alkanes) is 13. The minimum absolute atomic E-state index is 0.0133. The number of aromatic hydroxyl groups is 1. The quantitative estimate of drug-likeness (QED) is 0.0250. The van der Waals surface area contributed by atoms with E-state index in [-0.39, 0.29) is 100 Å². The molecule has 0 fully saturated rings. The number of nitrogens with zero attached hydrogens (tertiary/aromatic N) is 2. The van der Waals surface area contributed by atoms with Crippen molar-refractivity contribution in [1.29, 1.82) is 0 Å². The first-order chi connectivity index (χ1) is 48.8. The van der Waals surface area contributed by atoms with E-state index in [0.717, 1.165) is 32.1 Å². The summed E-state index contributed by atoms with van der Waals surface area (Å²) in [6, 6.07) is -1.15. The number of amides is 7. The van der Waals surface area contributed by atoms with Crippen molar-refractivity contribution in [2.24, 2.45) is 79.7 Å². The zero-order valence-electron chi connectivity index (χ0n) is 61.7. The number of primary amides is 2. The number of aliphatic hydroxyl groups is 1. The Kier molecular flexibility index (Phi) is 48.0. The second-order valence-corrected chi connectivity index (χ2v) is 27.6. The highest BCUT2D eigenvalue weighted by atomic mass is 16.4. The molecule has 1 aromatic carbocycles. The van der Waals surface area contributed by atoms with Gasteiger partial charge in [-0.25, -0.2) is 0 Å². The third-order valence-electron chi connectivity index (χ3n) is 18.0. The standard InChI is InChI=1S/C73H124N14O16/c1-6-8-9-10-11-12-13-14-15-16-17-18-19-27-66(97)83-58(45-67(98)99)63(94)44-53(47(5)88)71(103)86-55(26-23-38-82-73(79)80)61(92)42-50(30-34-64(75)95)69(101)85-56(33-35-65(76)96)62(93)43-51(40-48-28-31-52(89)32-29-48)70(102)84-54(25-22-37-81-72(77)78)60(91)41-49(24-20-21-36-74)68(100)87-57(39-46(3)4)59(90)7-2/h28-29,31-32,46-47,49-51,53-58,88-89H,6-27,30,33-45,74H2,1-5H3,(H2,75,95)(H2,76,96)(H,83,97)(H,84,102)(H,85,101)(H,86,103)(H,87,100)(H,98,99)(H4,77,78,81)(H4,79,80,82)/t47-,49-,50-,51-,53+,54+,55+,56+,57+,58+/m1/s1. The maximum atomic E-state index is 14.9. The molecule has 30 heteroatoms. The van der Waals surface area contributed by atoms with E-state index in [1.165, 1.54) is 76.1 Å². The number of carbonyl (C=O) groups excluding carboxylic acids is 12. The van der Waals surface area contributed by atoms with Gasteiger partial charge in [-0.05, 0) is 108 Å². The predicted molar refractivity (Wildman–Crippen MR) is 393 cm³/mol. The summed E-state index contributed by atoms with van der Waals surface area (Å²) in [7, 11) is 0. The second kappa shape index (κ2) is 53.4. The van der Waals surface area contributed by atoms with Crippen molar-refractivity contribution in [2.75, 3.05) is 19.6 Å². The van der Waals surface area contributed by atoms with Crippen LogP contribution in [0.5, 0.6) is 5.75 Å². The normalized spacial score (nSPS) is 14.1. The van der Waals surface area contributed by atoms with E-state index in [2.05, 4.69) is 43.5 Å². The van der Waals surface area contributed by atoms with Crippen LogP contribution in [0.1, 0.15) is 246 Å². The van der Waals surface area contributed by atoms with Crippen LogP contribution in [-0.2, 0) is 68.7 Å². The number of aliphatic imine (C=N–C) groups is 2. The molecule has 0 saturated heterocycles. The third-order valence-corrected chi connectivity index (χ3v) is 18.0. The molecule has 103 heavy (non-hydrogen) atoms. The molecule has 0 radical (unpaired) electrons. The first-order valence-electron chi connectivity index (χ1n) is 37.0. The van der Waals surface area contributed by atoms with Crippen LogP contribution in [-0.4, -0.2) is 159 Å². The van der Waals surface area contributed by atoms with Gasteiger partial charge in [-0.15, -0.1) is 0 Å². The van der Waals surface area contributed by atoms with Gasteiger partial charge in [0.15, 0.2) is 40.8 Å². The van der Waals surface area contributed by atoms with Crippen LogP contribution >= 0.6 is 0 Å². The van der Waals surface area contributed by atoms with E-state index in [1.807, 2.05) is 13.8 Å². The summed E-state index contributed by atoms with van der Waals surface area (Å²) in [5.74, 6) is -16.6. The van der Waals surface area contributed by atoms with Crippen LogP contribution in [0.2, 0.25) is 0 Å². The van der Waals surface area contributed by atoms with Crippen molar-refractivity contribution in [3.05, 3.63) is 29.8 Å². The predicted octanol–water partition coefficient (Wildman–Crippen LogP) is 3.79. The monoisotopic (exact) mass is 1450 g/mol. The van der Waals surface area contributed by atoms with Gasteiger partial charge in [0.05, 0.1) is 48.7 Å². The Balaban J connectivity index is 3.70. The molecule has 0 spiro atoms. The van der Waals surface area contributed by atoms with Crippen LogP contribution in [0.15, 0.2) is 34.3 Å². The summed E-state index contributed by atoms with van der Waals surface area (Å²) in [4.78, 5) is 187. The van der Waals surface area contributed by atoms with E-state index in [0.29, 0.717) is 37.8 Å². The van der Waals surface area contributed by atoms with Crippen LogP contribution in [0, 0.1) is 29.6 Å². The lowest BCUT2D eigenvalue weighted by atomic mass is 9.87. The van der Waals surface area contributed by atoms with Gasteiger partial charge in [0, 0.05) is 82.2 Å². The van der Waals surface area contributed by atoms with Crippen molar-refractivity contribution in [1.82, 2.24) is 26.6 Å². The van der Waals surface area contributed by atoms with Crippen LogP contribution in [0.3, 0.4) is 0 Å². The number of hydrogen-bond donors (Lipinski definition) is 15. The zero-order valence-corrected chi connectivity index (χ0v) is 61.7. The number of carboxylic acids is 1. The average molecular weight is 1450 g/mol. The summed E-state index contributed by atoms with van der Waals surface area (Å²) in [6.45, 7) is 9.14. The molecule has 0 unspecified atom stereocenters. The van der Waals surface area contributed by atoms with Crippen LogP contribution in [0.25, 0.3) is 0 Å². The molecule has 1 aromatic rings. The smallest absolute Gasteiger partial charge is 0.305 e. The maximum absolute atomic E-state index is 14.9. The topological polar surface area (TPSA) is 550 Å². The van der Waals surface area contributed by atoms with Gasteiger partial charge < -0.3 is 82.0 Å². The highest BCUT2D eigenvalue weighted by Crippen LogP contribution is 2.25. The largest absolute Gasteiger partial charge is 0.508 e. The Morgan fingerprint density at radius 3 is 1.31 bits per heavy atom. The second-order valence-electron chi connectivity index (χ2n) is 27.6. The third kappa shape index (κ3) is 42.7. The summed E-state index contributed by atoms with van der Waals surface area (Å²) in [5.41, 5.74) is 39.7. The summed E-state index contributed by atoms with van der Waals surface area (Å²) < 4.78 is 0. The van der Waals surface area contributed by atoms with Crippen LogP contribution < -0.4 is 66.7 Å². The minimum Gasteiger partial charge on any atom is -0.508 e.